The highest BCUT2D eigenvalue weighted by Gasteiger charge is 2.11. The number of methoxy groups -OCH3 is 2. The molecule has 4 N–H and O–H groups in total. The second-order valence-electron chi connectivity index (χ2n) is 6.73. The van der Waals surface area contributed by atoms with Gasteiger partial charge in [-0.1, -0.05) is 24.3 Å². The third-order valence-corrected chi connectivity index (χ3v) is 4.51. The summed E-state index contributed by atoms with van der Waals surface area (Å²) in [6.45, 7) is -0.226. The highest BCUT2D eigenvalue weighted by atomic mass is 16.5. The number of nitrogens with zero attached hydrogens (tertiary/aromatic N) is 1. The Bertz CT molecular complexity index is 1160. The van der Waals surface area contributed by atoms with Gasteiger partial charge in [-0.15, -0.1) is 0 Å². The quantitative estimate of drug-likeness (QED) is 0.263. The fourth-order valence-electron chi connectivity index (χ4n) is 2.89. The minimum atomic E-state index is -0.419. The second kappa shape index (κ2) is 11.2. The van der Waals surface area contributed by atoms with Crippen LogP contribution >= 0.6 is 0 Å². The molecule has 0 radical (unpaired) electrons. The molecule has 0 aliphatic heterocycles. The van der Waals surface area contributed by atoms with Crippen LogP contribution in [0, 0.1) is 0 Å². The lowest BCUT2D eigenvalue weighted by atomic mass is 10.2. The molecule has 0 bridgehead atoms. The Labute approximate surface area is 191 Å². The topological polar surface area (TPSA) is 124 Å². The molecule has 3 rings (SSSR count). The molecule has 9 nitrogen and oxygen atoms in total. The Morgan fingerprint density at radius 3 is 2.42 bits per heavy atom. The molecule has 0 aliphatic carbocycles. The maximum Gasteiger partial charge on any atom is 0.273 e. The zero-order chi connectivity index (χ0) is 23.6. The Morgan fingerprint density at radius 1 is 0.939 bits per heavy atom. The van der Waals surface area contributed by atoms with Crippen molar-refractivity contribution in [3.8, 4) is 17.2 Å². The number of hydrogen-bond acceptors (Lipinski definition) is 7. The van der Waals surface area contributed by atoms with Gasteiger partial charge in [0, 0.05) is 5.69 Å². The summed E-state index contributed by atoms with van der Waals surface area (Å²) in [6.07, 6.45) is 1.46. The highest BCUT2D eigenvalue weighted by Crippen LogP contribution is 2.28. The average Bonchev–Trinajstić information content (AvgIpc) is 2.83. The summed E-state index contributed by atoms with van der Waals surface area (Å²) in [5, 5.41) is 6.69. The van der Waals surface area contributed by atoms with Crippen LogP contribution in [0.2, 0.25) is 0 Å². The summed E-state index contributed by atoms with van der Waals surface area (Å²) < 4.78 is 16.2. The zero-order valence-corrected chi connectivity index (χ0v) is 18.2. The van der Waals surface area contributed by atoms with E-state index in [0.29, 0.717) is 39.8 Å². The van der Waals surface area contributed by atoms with E-state index in [4.69, 9.17) is 19.9 Å². The summed E-state index contributed by atoms with van der Waals surface area (Å²) in [7, 11) is 3.01. The standard InChI is InChI=1S/C24H24N4O5/c1-31-20-10-6-5-9-19(20)27-23(29)15-33-21-12-11-16(13-22(21)32-2)14-26-28-24(30)17-7-3-4-8-18(17)25/h3-14H,15,25H2,1-2H3,(H,27,29)(H,28,30)/b26-14+. The van der Waals surface area contributed by atoms with Crippen LogP contribution in [0.25, 0.3) is 0 Å². The number of para-hydroxylation sites is 3. The van der Waals surface area contributed by atoms with Crippen LogP contribution in [0.4, 0.5) is 11.4 Å². The number of rotatable bonds is 9. The van der Waals surface area contributed by atoms with Gasteiger partial charge in [-0.05, 0) is 48.0 Å². The number of nitrogens with two attached hydrogens (primary N) is 1. The van der Waals surface area contributed by atoms with E-state index in [1.165, 1.54) is 20.4 Å². The van der Waals surface area contributed by atoms with Gasteiger partial charge in [-0.3, -0.25) is 9.59 Å². The zero-order valence-electron chi connectivity index (χ0n) is 18.2. The molecular weight excluding hydrogens is 424 g/mol. The average molecular weight is 448 g/mol. The molecule has 0 saturated heterocycles. The Morgan fingerprint density at radius 2 is 1.67 bits per heavy atom. The summed E-state index contributed by atoms with van der Waals surface area (Å²) in [5.74, 6) is 0.565. The van der Waals surface area contributed by atoms with Crippen LogP contribution in [-0.4, -0.2) is 38.9 Å². The predicted molar refractivity (Wildman–Crippen MR) is 126 cm³/mol. The van der Waals surface area contributed by atoms with Crippen molar-refractivity contribution in [2.45, 2.75) is 0 Å². The molecule has 2 amide bonds. The van der Waals surface area contributed by atoms with Gasteiger partial charge in [0.25, 0.3) is 11.8 Å². The normalized spacial score (nSPS) is 10.5. The molecule has 0 spiro atoms. The van der Waals surface area contributed by atoms with Gasteiger partial charge < -0.3 is 25.3 Å². The summed E-state index contributed by atoms with van der Waals surface area (Å²) in [6, 6.07) is 18.8. The Kier molecular flexibility index (Phi) is 7.85. The number of amides is 2. The van der Waals surface area contributed by atoms with Crippen LogP contribution in [0.1, 0.15) is 15.9 Å². The molecule has 0 fully saturated rings. The smallest absolute Gasteiger partial charge is 0.273 e. The summed E-state index contributed by atoms with van der Waals surface area (Å²) in [4.78, 5) is 24.4. The third kappa shape index (κ3) is 6.23. The van der Waals surface area contributed by atoms with E-state index in [9.17, 15) is 9.59 Å². The molecule has 0 aromatic heterocycles. The third-order valence-electron chi connectivity index (χ3n) is 4.51. The van der Waals surface area contributed by atoms with Crippen LogP contribution < -0.4 is 30.7 Å². The number of carbonyl (C=O) groups excluding carboxylic acids is 2. The SMILES string of the molecule is COc1ccccc1NC(=O)COc1ccc(/C=N/NC(=O)c2ccccc2N)cc1OC. The number of ether oxygens (including phenoxy) is 3. The van der Waals surface area contributed by atoms with Gasteiger partial charge in [-0.25, -0.2) is 5.43 Å². The monoisotopic (exact) mass is 448 g/mol. The number of anilines is 2. The van der Waals surface area contributed by atoms with Crippen molar-refractivity contribution >= 4 is 29.4 Å². The van der Waals surface area contributed by atoms with Crippen molar-refractivity contribution in [1.82, 2.24) is 5.43 Å². The fraction of sp³-hybridized carbons (Fsp3) is 0.125. The van der Waals surface area contributed by atoms with Gasteiger partial charge in [-0.2, -0.15) is 5.10 Å². The molecule has 0 heterocycles. The molecule has 170 valence electrons. The van der Waals surface area contributed by atoms with E-state index >= 15 is 0 Å². The largest absolute Gasteiger partial charge is 0.495 e. The van der Waals surface area contributed by atoms with Gasteiger partial charge in [0.05, 0.1) is 31.7 Å². The van der Waals surface area contributed by atoms with Gasteiger partial charge in [0.15, 0.2) is 18.1 Å². The molecule has 3 aromatic rings. The Hall–Kier alpha value is -4.53. The molecular formula is C24H24N4O5. The van der Waals surface area contributed by atoms with Gasteiger partial charge in [0.1, 0.15) is 5.75 Å². The minimum absolute atomic E-state index is 0.226. The summed E-state index contributed by atoms with van der Waals surface area (Å²) in [5.41, 5.74) is 10.1. The number of hydrazone groups is 1. The molecule has 33 heavy (non-hydrogen) atoms. The van der Waals surface area contributed by atoms with Crippen molar-refractivity contribution in [1.29, 1.82) is 0 Å². The lowest BCUT2D eigenvalue weighted by molar-refractivity contribution is -0.118. The van der Waals surface area contributed by atoms with Gasteiger partial charge in [0.2, 0.25) is 0 Å². The lowest BCUT2D eigenvalue weighted by Gasteiger charge is -2.12. The van der Waals surface area contributed by atoms with Crippen LogP contribution in [0.5, 0.6) is 17.2 Å². The lowest BCUT2D eigenvalue weighted by Crippen LogP contribution is -2.20. The predicted octanol–water partition coefficient (Wildman–Crippen LogP) is 3.07. The molecule has 0 atom stereocenters. The Balaban J connectivity index is 1.59. The second-order valence-corrected chi connectivity index (χ2v) is 6.73. The maximum absolute atomic E-state index is 12.3. The van der Waals surface area contributed by atoms with E-state index in [2.05, 4.69) is 15.8 Å². The van der Waals surface area contributed by atoms with E-state index in [1.807, 2.05) is 6.07 Å². The van der Waals surface area contributed by atoms with E-state index in [1.54, 1.807) is 60.7 Å². The number of nitrogens with one attached hydrogen (secondary N) is 2. The van der Waals surface area contributed by atoms with Crippen molar-refractivity contribution in [3.63, 3.8) is 0 Å². The van der Waals surface area contributed by atoms with Crippen LogP contribution in [0.3, 0.4) is 0 Å². The van der Waals surface area contributed by atoms with Crippen LogP contribution in [0.15, 0.2) is 71.8 Å². The molecule has 9 heteroatoms. The molecule has 3 aromatic carbocycles. The molecule has 0 unspecified atom stereocenters. The number of benzene rings is 3. The summed E-state index contributed by atoms with van der Waals surface area (Å²) >= 11 is 0. The number of hydrogen-bond donors (Lipinski definition) is 3. The van der Waals surface area contributed by atoms with E-state index in [0.717, 1.165) is 0 Å². The van der Waals surface area contributed by atoms with Crippen LogP contribution in [-0.2, 0) is 4.79 Å². The van der Waals surface area contributed by atoms with Gasteiger partial charge >= 0.3 is 0 Å². The van der Waals surface area contributed by atoms with Crippen molar-refractivity contribution in [3.05, 3.63) is 77.9 Å². The number of nitrogen functional groups attached to an aromatic ring is 1. The highest BCUT2D eigenvalue weighted by molar-refractivity contribution is 5.99. The fourth-order valence-corrected chi connectivity index (χ4v) is 2.89. The first-order valence-electron chi connectivity index (χ1n) is 9.93. The van der Waals surface area contributed by atoms with Crippen molar-refractivity contribution in [2.24, 2.45) is 5.10 Å². The van der Waals surface area contributed by atoms with E-state index in [-0.39, 0.29) is 12.5 Å². The first kappa shape index (κ1) is 23.1. The number of carbonyl (C=O) groups is 2. The van der Waals surface area contributed by atoms with Crippen molar-refractivity contribution in [2.75, 3.05) is 31.9 Å². The first-order valence-corrected chi connectivity index (χ1v) is 9.93. The molecule has 0 aliphatic rings. The minimum Gasteiger partial charge on any atom is -0.495 e. The maximum atomic E-state index is 12.3. The first-order chi connectivity index (χ1) is 16.0. The molecule has 0 saturated carbocycles. The van der Waals surface area contributed by atoms with Crippen molar-refractivity contribution < 1.29 is 23.8 Å². The van der Waals surface area contributed by atoms with E-state index < -0.39 is 5.91 Å².